The number of nitrogens with one attached hydrogen (secondary N) is 2. The summed E-state index contributed by atoms with van der Waals surface area (Å²) in [6.07, 6.45) is 11.7. The van der Waals surface area contributed by atoms with E-state index in [0.29, 0.717) is 6.42 Å². The third-order valence-corrected chi connectivity index (χ3v) is 6.64. The molecule has 2 aliphatic rings. The van der Waals surface area contributed by atoms with Crippen molar-refractivity contribution in [2.24, 2.45) is 5.92 Å². The van der Waals surface area contributed by atoms with E-state index in [1.54, 1.807) is 0 Å². The molecule has 3 rings (SSSR count). The summed E-state index contributed by atoms with van der Waals surface area (Å²) in [7, 11) is 0. The van der Waals surface area contributed by atoms with Gasteiger partial charge >= 0.3 is 5.97 Å². The summed E-state index contributed by atoms with van der Waals surface area (Å²) < 4.78 is 0. The maximum Gasteiger partial charge on any atom is 0.326 e. The van der Waals surface area contributed by atoms with Crippen LogP contribution >= 0.6 is 0 Å². The minimum Gasteiger partial charge on any atom is -0.480 e. The quantitative estimate of drug-likeness (QED) is 0.668. The molecule has 2 atom stereocenters. The van der Waals surface area contributed by atoms with Crippen molar-refractivity contribution in [1.29, 1.82) is 0 Å². The van der Waals surface area contributed by atoms with E-state index in [0.717, 1.165) is 76.2 Å². The summed E-state index contributed by atoms with van der Waals surface area (Å²) in [5.41, 5.74) is 2.11. The summed E-state index contributed by atoms with van der Waals surface area (Å²) in [6.45, 7) is 0. The Kier molecular flexibility index (Phi) is 8.92. The number of benzene rings is 1. The third-order valence-electron chi connectivity index (χ3n) is 6.64. The molecule has 1 heterocycles. The van der Waals surface area contributed by atoms with Crippen LogP contribution in [-0.2, 0) is 27.2 Å². The number of fused-ring (bicyclic) bond motifs is 2. The second-order valence-corrected chi connectivity index (χ2v) is 9.13. The first kappa shape index (κ1) is 23.3. The largest absolute Gasteiger partial charge is 0.480 e. The summed E-state index contributed by atoms with van der Waals surface area (Å²) in [5.74, 6) is -1.45. The van der Waals surface area contributed by atoms with Crippen LogP contribution < -0.4 is 10.6 Å². The van der Waals surface area contributed by atoms with Gasteiger partial charge in [-0.2, -0.15) is 0 Å². The molecule has 2 amide bonds. The minimum absolute atomic E-state index is 0.0672. The van der Waals surface area contributed by atoms with Gasteiger partial charge in [0.25, 0.3) is 0 Å². The molecule has 0 radical (unpaired) electrons. The van der Waals surface area contributed by atoms with Crippen LogP contribution in [0.15, 0.2) is 24.3 Å². The van der Waals surface area contributed by atoms with E-state index in [9.17, 15) is 19.5 Å². The van der Waals surface area contributed by atoms with Gasteiger partial charge in [-0.3, -0.25) is 9.59 Å². The molecular weight excluding hydrogens is 392 g/mol. The monoisotopic (exact) mass is 428 g/mol. The Balaban J connectivity index is 1.80. The SMILES string of the molecule is O=C1CCCCCCCc2cccc(c2)C[C@@H](C(=O)O)NC(=O)[C@H](C2CCCCC2)N1. The molecule has 31 heavy (non-hydrogen) atoms. The zero-order valence-corrected chi connectivity index (χ0v) is 18.4. The van der Waals surface area contributed by atoms with E-state index in [-0.39, 0.29) is 24.2 Å². The Morgan fingerprint density at radius 2 is 1.48 bits per heavy atom. The predicted octanol–water partition coefficient (Wildman–Crippen LogP) is 3.76. The van der Waals surface area contributed by atoms with Crippen molar-refractivity contribution in [3.63, 3.8) is 0 Å². The minimum atomic E-state index is -1.05. The van der Waals surface area contributed by atoms with E-state index in [1.807, 2.05) is 12.1 Å². The highest BCUT2D eigenvalue weighted by molar-refractivity contribution is 5.90. The lowest BCUT2D eigenvalue weighted by Gasteiger charge is -2.31. The Bertz CT molecular complexity index is 758. The highest BCUT2D eigenvalue weighted by atomic mass is 16.4. The standard InChI is InChI=1S/C25H36N2O4/c28-22-15-8-3-1-2-5-10-18-11-9-12-19(16-18)17-21(25(30)31)26-24(29)23(27-22)20-13-6-4-7-14-20/h9,11-12,16,20-21,23H,1-8,10,13-15,17H2,(H,26,29)(H,27,28)(H,30,31)/t21-,23-/m0/s1. The Labute approximate surface area is 185 Å². The van der Waals surface area contributed by atoms with Crippen LogP contribution in [0.1, 0.15) is 81.8 Å². The first-order valence-corrected chi connectivity index (χ1v) is 11.9. The van der Waals surface area contributed by atoms with Gasteiger partial charge in [-0.1, -0.05) is 62.8 Å². The fourth-order valence-electron chi connectivity index (χ4n) is 4.87. The number of carboxylic acids is 1. The van der Waals surface area contributed by atoms with Crippen LogP contribution in [0.25, 0.3) is 0 Å². The van der Waals surface area contributed by atoms with Crippen LogP contribution in [0.4, 0.5) is 0 Å². The lowest BCUT2D eigenvalue weighted by molar-refractivity contribution is -0.142. The number of amides is 2. The molecule has 0 aromatic heterocycles. The molecule has 1 fully saturated rings. The summed E-state index contributed by atoms with van der Waals surface area (Å²) in [6, 6.07) is 6.34. The van der Waals surface area contributed by atoms with Crippen LogP contribution in [0.3, 0.4) is 0 Å². The van der Waals surface area contributed by atoms with E-state index in [4.69, 9.17) is 0 Å². The molecule has 6 heteroatoms. The number of rotatable bonds is 2. The average molecular weight is 429 g/mol. The fourth-order valence-corrected chi connectivity index (χ4v) is 4.87. The first-order chi connectivity index (χ1) is 15.0. The van der Waals surface area contributed by atoms with Crippen LogP contribution in [-0.4, -0.2) is 35.0 Å². The normalized spacial score (nSPS) is 25.2. The highest BCUT2D eigenvalue weighted by Gasteiger charge is 2.33. The van der Waals surface area contributed by atoms with E-state index >= 15 is 0 Å². The van der Waals surface area contributed by atoms with Gasteiger partial charge in [0, 0.05) is 12.8 Å². The number of hydrogen-bond donors (Lipinski definition) is 3. The molecule has 1 aliphatic carbocycles. The van der Waals surface area contributed by atoms with Crippen molar-refractivity contribution in [2.45, 2.75) is 95.6 Å². The van der Waals surface area contributed by atoms with Gasteiger partial charge in [0.15, 0.2) is 0 Å². The molecular formula is C25H36N2O4. The van der Waals surface area contributed by atoms with Gasteiger partial charge in [-0.05, 0) is 49.1 Å². The van der Waals surface area contributed by atoms with Crippen LogP contribution in [0, 0.1) is 5.92 Å². The molecule has 1 aliphatic heterocycles. The predicted molar refractivity (Wildman–Crippen MR) is 120 cm³/mol. The van der Waals surface area contributed by atoms with Crippen LogP contribution in [0.2, 0.25) is 0 Å². The van der Waals surface area contributed by atoms with Gasteiger partial charge in [0.1, 0.15) is 12.1 Å². The van der Waals surface area contributed by atoms with Crippen molar-refractivity contribution < 1.29 is 19.5 Å². The molecule has 2 bridgehead atoms. The molecule has 170 valence electrons. The lowest BCUT2D eigenvalue weighted by Crippen LogP contribution is -2.55. The molecule has 0 spiro atoms. The number of carbonyl (C=O) groups excluding carboxylic acids is 2. The molecule has 3 N–H and O–H groups in total. The zero-order valence-electron chi connectivity index (χ0n) is 18.4. The van der Waals surface area contributed by atoms with Crippen molar-refractivity contribution in [2.75, 3.05) is 0 Å². The Morgan fingerprint density at radius 1 is 0.839 bits per heavy atom. The van der Waals surface area contributed by atoms with E-state index < -0.39 is 18.1 Å². The smallest absolute Gasteiger partial charge is 0.326 e. The summed E-state index contributed by atoms with van der Waals surface area (Å²) in [4.78, 5) is 37.6. The molecule has 6 nitrogen and oxygen atoms in total. The third kappa shape index (κ3) is 7.37. The van der Waals surface area contributed by atoms with Crippen molar-refractivity contribution in [3.05, 3.63) is 35.4 Å². The molecule has 0 unspecified atom stereocenters. The topological polar surface area (TPSA) is 95.5 Å². The number of hydrogen-bond acceptors (Lipinski definition) is 3. The van der Waals surface area contributed by atoms with Gasteiger partial charge in [-0.25, -0.2) is 4.79 Å². The first-order valence-electron chi connectivity index (χ1n) is 11.9. The second-order valence-electron chi connectivity index (χ2n) is 9.13. The Morgan fingerprint density at radius 3 is 2.23 bits per heavy atom. The second kappa shape index (κ2) is 11.9. The maximum atomic E-state index is 13.2. The van der Waals surface area contributed by atoms with Crippen molar-refractivity contribution >= 4 is 17.8 Å². The average Bonchev–Trinajstić information content (AvgIpc) is 2.76. The number of carbonyl (C=O) groups is 3. The molecule has 0 saturated heterocycles. The molecule has 1 aromatic rings. The number of aliphatic carboxylic acids is 1. The molecule has 1 saturated carbocycles. The highest BCUT2D eigenvalue weighted by Crippen LogP contribution is 2.27. The zero-order chi connectivity index (χ0) is 22.1. The number of carboxylic acid groups (broad SMARTS) is 1. The lowest BCUT2D eigenvalue weighted by atomic mass is 9.83. The number of aryl methyl sites for hydroxylation is 1. The maximum absolute atomic E-state index is 13.2. The van der Waals surface area contributed by atoms with E-state index in [2.05, 4.69) is 22.8 Å². The summed E-state index contributed by atoms with van der Waals surface area (Å²) in [5, 5.41) is 15.4. The van der Waals surface area contributed by atoms with Gasteiger partial charge in [-0.15, -0.1) is 0 Å². The van der Waals surface area contributed by atoms with Crippen molar-refractivity contribution in [3.8, 4) is 0 Å². The van der Waals surface area contributed by atoms with Crippen LogP contribution in [0.5, 0.6) is 0 Å². The Hall–Kier alpha value is -2.37. The summed E-state index contributed by atoms with van der Waals surface area (Å²) >= 11 is 0. The van der Waals surface area contributed by atoms with Gasteiger partial charge in [0.05, 0.1) is 0 Å². The van der Waals surface area contributed by atoms with Crippen molar-refractivity contribution in [1.82, 2.24) is 10.6 Å². The van der Waals surface area contributed by atoms with Gasteiger partial charge < -0.3 is 15.7 Å². The fraction of sp³-hybridized carbons (Fsp3) is 0.640. The molecule has 1 aromatic carbocycles. The van der Waals surface area contributed by atoms with E-state index in [1.165, 1.54) is 5.56 Å². The van der Waals surface area contributed by atoms with Gasteiger partial charge in [0.2, 0.25) is 11.8 Å².